The first-order valence-electron chi connectivity index (χ1n) is 10.2. The first-order chi connectivity index (χ1) is 14.7. The molecule has 0 amide bonds. The predicted octanol–water partition coefficient (Wildman–Crippen LogP) is 4.60. The zero-order chi connectivity index (χ0) is 20.9. The lowest BCUT2D eigenvalue weighted by Gasteiger charge is -2.26. The van der Waals surface area contributed by atoms with Gasteiger partial charge < -0.3 is 14.5 Å². The molecule has 1 atom stereocenters. The molecular formula is C23H27N5O2. The maximum atomic E-state index is 6.04. The summed E-state index contributed by atoms with van der Waals surface area (Å²) in [6, 6.07) is 16.1. The quantitative estimate of drug-likeness (QED) is 0.425. The van der Waals surface area contributed by atoms with E-state index in [9.17, 15) is 0 Å². The number of aromatic amines is 2. The second kappa shape index (κ2) is 9.11. The second-order valence-electron chi connectivity index (χ2n) is 7.33. The fourth-order valence-corrected chi connectivity index (χ4v) is 3.55. The number of fused-ring (bicyclic) bond motifs is 1. The minimum atomic E-state index is 0.330. The molecule has 4 rings (SSSR count). The Bertz CT molecular complexity index is 1070. The smallest absolute Gasteiger partial charge is 0.129 e. The zero-order valence-corrected chi connectivity index (χ0v) is 17.6. The van der Waals surface area contributed by atoms with Gasteiger partial charge in [-0.1, -0.05) is 6.92 Å². The third-order valence-electron chi connectivity index (χ3n) is 5.19. The van der Waals surface area contributed by atoms with Crippen molar-refractivity contribution in [2.75, 3.05) is 20.3 Å². The zero-order valence-electron chi connectivity index (χ0n) is 17.6. The number of likely N-dealkylation sites (N-methyl/N-ethyl adjacent to an activating group) is 1. The van der Waals surface area contributed by atoms with Crippen molar-refractivity contribution in [1.29, 1.82) is 0 Å². The van der Waals surface area contributed by atoms with Crippen molar-refractivity contribution in [2.24, 2.45) is 0 Å². The average Bonchev–Trinajstić information content (AvgIpc) is 3.42. The Kier molecular flexibility index (Phi) is 6.11. The molecule has 4 aromatic rings. The van der Waals surface area contributed by atoms with Crippen molar-refractivity contribution >= 4 is 11.0 Å². The summed E-state index contributed by atoms with van der Waals surface area (Å²) < 4.78 is 11.3. The van der Waals surface area contributed by atoms with Crippen LogP contribution >= 0.6 is 0 Å². The monoisotopic (exact) mass is 405 g/mol. The van der Waals surface area contributed by atoms with Crippen LogP contribution in [0.25, 0.3) is 22.3 Å². The number of nitrogens with zero attached hydrogens (tertiary/aromatic N) is 3. The van der Waals surface area contributed by atoms with E-state index in [-0.39, 0.29) is 0 Å². The highest BCUT2D eigenvalue weighted by Gasteiger charge is 2.14. The number of ether oxygens (including phenoxy) is 2. The van der Waals surface area contributed by atoms with Gasteiger partial charge in [-0.15, -0.1) is 0 Å². The average molecular weight is 406 g/mol. The van der Waals surface area contributed by atoms with Crippen molar-refractivity contribution in [1.82, 2.24) is 25.1 Å². The first-order valence-corrected chi connectivity index (χ1v) is 10.2. The van der Waals surface area contributed by atoms with Gasteiger partial charge in [-0.2, -0.15) is 5.10 Å². The number of methoxy groups -OCH3 is 1. The normalized spacial score (nSPS) is 12.5. The van der Waals surface area contributed by atoms with Crippen LogP contribution in [0.3, 0.4) is 0 Å². The van der Waals surface area contributed by atoms with Crippen LogP contribution in [0.2, 0.25) is 0 Å². The molecule has 0 saturated heterocycles. The fourth-order valence-electron chi connectivity index (χ4n) is 3.55. The molecule has 0 spiro atoms. The fraction of sp³-hybridized carbons (Fsp3) is 0.304. The Morgan fingerprint density at radius 3 is 2.57 bits per heavy atom. The molecule has 2 heterocycles. The Morgan fingerprint density at radius 1 is 1.07 bits per heavy atom. The molecular weight excluding hydrogens is 378 g/mol. The van der Waals surface area contributed by atoms with Crippen molar-refractivity contribution in [3.63, 3.8) is 0 Å². The highest BCUT2D eigenvalue weighted by atomic mass is 16.5. The van der Waals surface area contributed by atoms with E-state index >= 15 is 0 Å². The lowest BCUT2D eigenvalue weighted by molar-refractivity contribution is 0.0967. The molecule has 2 N–H and O–H groups in total. The summed E-state index contributed by atoms with van der Waals surface area (Å²) in [7, 11) is 1.73. The minimum absolute atomic E-state index is 0.330. The van der Waals surface area contributed by atoms with Gasteiger partial charge in [0.05, 0.1) is 29.9 Å². The largest absolute Gasteiger partial charge is 0.457 e. The number of nitrogens with one attached hydrogen (secondary N) is 2. The van der Waals surface area contributed by atoms with Gasteiger partial charge in [0.2, 0.25) is 0 Å². The van der Waals surface area contributed by atoms with Gasteiger partial charge in [-0.3, -0.25) is 10.00 Å². The molecule has 0 fully saturated rings. The third-order valence-corrected chi connectivity index (χ3v) is 5.19. The van der Waals surface area contributed by atoms with Gasteiger partial charge in [0.1, 0.15) is 17.3 Å². The van der Waals surface area contributed by atoms with Gasteiger partial charge in [0.15, 0.2) is 0 Å². The van der Waals surface area contributed by atoms with E-state index in [1.54, 1.807) is 13.3 Å². The van der Waals surface area contributed by atoms with Crippen LogP contribution in [0.15, 0.2) is 54.7 Å². The van der Waals surface area contributed by atoms with E-state index in [4.69, 9.17) is 14.5 Å². The number of hydrogen-bond donors (Lipinski definition) is 2. The van der Waals surface area contributed by atoms with Crippen molar-refractivity contribution in [3.05, 3.63) is 60.6 Å². The molecule has 0 radical (unpaired) electrons. The molecule has 0 unspecified atom stereocenters. The van der Waals surface area contributed by atoms with E-state index in [0.717, 1.165) is 52.7 Å². The van der Waals surface area contributed by atoms with Crippen LogP contribution in [-0.4, -0.2) is 51.4 Å². The van der Waals surface area contributed by atoms with E-state index in [1.165, 1.54) is 0 Å². The van der Waals surface area contributed by atoms with Crippen LogP contribution in [0.5, 0.6) is 11.5 Å². The van der Waals surface area contributed by atoms with Crippen molar-refractivity contribution in [2.45, 2.75) is 26.4 Å². The van der Waals surface area contributed by atoms with Gasteiger partial charge in [0.25, 0.3) is 0 Å². The van der Waals surface area contributed by atoms with Gasteiger partial charge in [-0.05, 0) is 61.5 Å². The summed E-state index contributed by atoms with van der Waals surface area (Å²) in [5, 5.41) is 6.95. The molecule has 0 aliphatic carbocycles. The maximum Gasteiger partial charge on any atom is 0.129 e. The number of rotatable bonds is 9. The number of H-pyrrole nitrogens is 2. The van der Waals surface area contributed by atoms with Gasteiger partial charge >= 0.3 is 0 Å². The van der Waals surface area contributed by atoms with Gasteiger partial charge in [-0.25, -0.2) is 4.98 Å². The Balaban J connectivity index is 1.47. The van der Waals surface area contributed by atoms with Gasteiger partial charge in [0, 0.05) is 25.4 Å². The second-order valence-corrected chi connectivity index (χ2v) is 7.33. The van der Waals surface area contributed by atoms with Crippen molar-refractivity contribution < 1.29 is 9.47 Å². The first kappa shape index (κ1) is 20.1. The molecule has 7 heteroatoms. The highest BCUT2D eigenvalue weighted by Crippen LogP contribution is 2.27. The molecule has 0 bridgehead atoms. The summed E-state index contributed by atoms with van der Waals surface area (Å²) in [5.41, 5.74) is 3.94. The Morgan fingerprint density at radius 2 is 1.87 bits per heavy atom. The molecule has 156 valence electrons. The van der Waals surface area contributed by atoms with Crippen LogP contribution in [0, 0.1) is 0 Å². The summed E-state index contributed by atoms with van der Waals surface area (Å²) in [6.07, 6.45) is 1.74. The molecule has 2 aromatic heterocycles. The predicted molar refractivity (Wildman–Crippen MR) is 118 cm³/mol. The molecule has 30 heavy (non-hydrogen) atoms. The summed E-state index contributed by atoms with van der Waals surface area (Å²) >= 11 is 0. The molecule has 7 nitrogen and oxygen atoms in total. The topological polar surface area (TPSA) is 79.1 Å². The van der Waals surface area contributed by atoms with Crippen LogP contribution < -0.4 is 4.74 Å². The van der Waals surface area contributed by atoms with Crippen molar-refractivity contribution in [3.8, 4) is 22.8 Å². The van der Waals surface area contributed by atoms with Crippen LogP contribution in [0.1, 0.15) is 19.7 Å². The number of hydrogen-bond acceptors (Lipinski definition) is 5. The summed E-state index contributed by atoms with van der Waals surface area (Å²) in [6.45, 7) is 6.70. The SMILES string of the molecule is CCN(Cc1nc2ccc(Oc3ccc(-c4ccn[nH]4)cc3)cc2[nH]1)[C@@H](C)COC. The Hall–Kier alpha value is -3.16. The van der Waals surface area contributed by atoms with E-state index in [1.807, 2.05) is 48.5 Å². The standard InChI is InChI=1S/C23H27N5O2/c1-4-28(16(2)15-29-3)14-23-25-21-10-9-19(13-22(21)26-23)30-18-7-5-17(6-8-18)20-11-12-24-27-20/h5-13,16H,4,14-15H2,1-3H3,(H,24,27)(H,25,26)/t16-/m0/s1. The maximum absolute atomic E-state index is 6.04. The lowest BCUT2D eigenvalue weighted by Crippen LogP contribution is -2.35. The molecule has 0 aliphatic heterocycles. The minimum Gasteiger partial charge on any atom is -0.457 e. The Labute approximate surface area is 176 Å². The van der Waals surface area contributed by atoms with E-state index in [2.05, 4.69) is 33.9 Å². The number of imidazole rings is 1. The summed E-state index contributed by atoms with van der Waals surface area (Å²) in [4.78, 5) is 10.5. The van der Waals surface area contributed by atoms with E-state index in [0.29, 0.717) is 12.6 Å². The number of benzene rings is 2. The molecule has 0 saturated carbocycles. The highest BCUT2D eigenvalue weighted by molar-refractivity contribution is 5.77. The third kappa shape index (κ3) is 4.53. The van der Waals surface area contributed by atoms with Crippen LogP contribution in [0.4, 0.5) is 0 Å². The molecule has 2 aromatic carbocycles. The lowest BCUT2D eigenvalue weighted by atomic mass is 10.1. The molecule has 0 aliphatic rings. The van der Waals surface area contributed by atoms with Crippen LogP contribution in [-0.2, 0) is 11.3 Å². The van der Waals surface area contributed by atoms with E-state index < -0.39 is 0 Å². The summed E-state index contributed by atoms with van der Waals surface area (Å²) in [5.74, 6) is 2.49. The number of aromatic nitrogens is 4.